The molecule has 0 radical (unpaired) electrons. The van der Waals surface area contributed by atoms with Crippen LogP contribution in [0.4, 0.5) is 5.69 Å². The number of aliphatic hydroxyl groups is 1. The lowest BCUT2D eigenvalue weighted by Crippen LogP contribution is -2.31. The monoisotopic (exact) mass is 531 g/mol. The number of Topliss-reactive ketones (excluding diaryl/α,β-unsaturated/α-hetero) is 1. The summed E-state index contributed by atoms with van der Waals surface area (Å²) in [5.74, 6) is -1.08. The number of furan rings is 1. The Bertz CT molecular complexity index is 1470. The molecule has 35 heavy (non-hydrogen) atoms. The maximum atomic E-state index is 13.7. The molecule has 1 N–H and O–H groups in total. The van der Waals surface area contributed by atoms with Gasteiger partial charge in [0.15, 0.2) is 11.5 Å². The summed E-state index contributed by atoms with van der Waals surface area (Å²) >= 11 is 3.42. The number of ether oxygens (including phenoxy) is 1. The van der Waals surface area contributed by atoms with Gasteiger partial charge < -0.3 is 14.3 Å². The molecule has 3 aromatic carbocycles. The fourth-order valence-corrected chi connectivity index (χ4v) is 4.74. The van der Waals surface area contributed by atoms with Crippen molar-refractivity contribution in [2.24, 2.45) is 0 Å². The fourth-order valence-electron chi connectivity index (χ4n) is 4.36. The van der Waals surface area contributed by atoms with Crippen molar-refractivity contribution >= 4 is 44.3 Å². The Hall–Kier alpha value is -3.84. The Balaban J connectivity index is 1.63. The maximum absolute atomic E-state index is 13.7. The quantitative estimate of drug-likeness (QED) is 0.285. The van der Waals surface area contributed by atoms with E-state index in [0.29, 0.717) is 22.6 Å². The smallest absolute Gasteiger partial charge is 0.294 e. The molecule has 1 amide bonds. The van der Waals surface area contributed by atoms with Crippen LogP contribution in [0.15, 0.2) is 93.0 Å². The van der Waals surface area contributed by atoms with E-state index < -0.39 is 23.5 Å². The van der Waals surface area contributed by atoms with Crippen LogP contribution >= 0.6 is 15.9 Å². The van der Waals surface area contributed by atoms with Gasteiger partial charge in [-0.1, -0.05) is 47.1 Å². The molecule has 0 aliphatic carbocycles. The molecule has 1 aliphatic rings. The number of ketones is 1. The third kappa shape index (κ3) is 4.02. The van der Waals surface area contributed by atoms with Gasteiger partial charge in [0.05, 0.1) is 18.7 Å². The molecular formula is C28H22BrNO5. The summed E-state index contributed by atoms with van der Waals surface area (Å²) < 4.78 is 11.9. The number of aliphatic hydroxyl groups excluding tert-OH is 1. The molecular weight excluding hydrogens is 510 g/mol. The zero-order valence-corrected chi connectivity index (χ0v) is 20.7. The maximum Gasteiger partial charge on any atom is 0.294 e. The Morgan fingerprint density at radius 3 is 2.43 bits per heavy atom. The van der Waals surface area contributed by atoms with Crippen molar-refractivity contribution in [1.82, 2.24) is 0 Å². The standard InChI is InChI=1S/C28H22BrNO5/c1-3-16-4-9-20(10-5-16)30-25(17-6-11-21(34-2)12-7-17)24(27(32)28(30)33)26(31)23-15-18-14-19(29)8-13-22(18)35-23/h4-15,25,32H,3H2,1-2H3. The van der Waals surface area contributed by atoms with Gasteiger partial charge in [-0.3, -0.25) is 14.5 Å². The highest BCUT2D eigenvalue weighted by Crippen LogP contribution is 2.42. The first kappa shape index (κ1) is 22.9. The van der Waals surface area contributed by atoms with Crippen molar-refractivity contribution in [2.75, 3.05) is 12.0 Å². The number of benzene rings is 3. The molecule has 1 aliphatic heterocycles. The largest absolute Gasteiger partial charge is 0.503 e. The second-order valence-electron chi connectivity index (χ2n) is 8.26. The number of amides is 1. The number of anilines is 1. The SMILES string of the molecule is CCc1ccc(N2C(=O)C(O)=C(C(=O)c3cc4cc(Br)ccc4o3)C2c2ccc(OC)cc2)cc1. The number of hydrogen-bond donors (Lipinski definition) is 1. The molecule has 1 atom stereocenters. The molecule has 6 nitrogen and oxygen atoms in total. The van der Waals surface area contributed by atoms with Gasteiger partial charge in [0.1, 0.15) is 11.3 Å². The summed E-state index contributed by atoms with van der Waals surface area (Å²) in [7, 11) is 1.57. The zero-order valence-electron chi connectivity index (χ0n) is 19.1. The van der Waals surface area contributed by atoms with Gasteiger partial charge in [-0.25, -0.2) is 0 Å². The Labute approximate surface area is 210 Å². The average molecular weight is 532 g/mol. The van der Waals surface area contributed by atoms with E-state index in [0.717, 1.165) is 21.8 Å². The van der Waals surface area contributed by atoms with Crippen LogP contribution < -0.4 is 9.64 Å². The van der Waals surface area contributed by atoms with Crippen LogP contribution in [0.2, 0.25) is 0 Å². The molecule has 7 heteroatoms. The van der Waals surface area contributed by atoms with Crippen LogP contribution in [-0.2, 0) is 11.2 Å². The van der Waals surface area contributed by atoms with E-state index in [1.807, 2.05) is 43.3 Å². The van der Waals surface area contributed by atoms with Gasteiger partial charge in [-0.15, -0.1) is 0 Å². The molecule has 0 fully saturated rings. The van der Waals surface area contributed by atoms with E-state index in [1.165, 1.54) is 4.90 Å². The van der Waals surface area contributed by atoms with Crippen LogP contribution in [0.25, 0.3) is 11.0 Å². The van der Waals surface area contributed by atoms with Gasteiger partial charge in [0.2, 0.25) is 5.78 Å². The first-order valence-corrected chi connectivity index (χ1v) is 11.9. The average Bonchev–Trinajstić information content (AvgIpc) is 3.42. The van der Waals surface area contributed by atoms with Gasteiger partial charge in [-0.05, 0) is 66.1 Å². The molecule has 0 bridgehead atoms. The molecule has 4 aromatic rings. The minimum atomic E-state index is -0.840. The van der Waals surface area contributed by atoms with Crippen LogP contribution in [-0.4, -0.2) is 23.9 Å². The van der Waals surface area contributed by atoms with Crippen LogP contribution in [0, 0.1) is 0 Å². The second kappa shape index (κ2) is 9.07. The van der Waals surface area contributed by atoms with E-state index in [-0.39, 0.29) is 11.3 Å². The molecule has 0 saturated carbocycles. The molecule has 1 unspecified atom stereocenters. The summed E-state index contributed by atoms with van der Waals surface area (Å²) in [6.45, 7) is 2.05. The van der Waals surface area contributed by atoms with Crippen molar-refractivity contribution in [3.63, 3.8) is 0 Å². The summed E-state index contributed by atoms with van der Waals surface area (Å²) in [6, 6.07) is 20.8. The van der Waals surface area contributed by atoms with Gasteiger partial charge >= 0.3 is 0 Å². The highest BCUT2D eigenvalue weighted by atomic mass is 79.9. The number of rotatable bonds is 6. The number of fused-ring (bicyclic) bond motifs is 1. The number of nitrogens with zero attached hydrogens (tertiary/aromatic N) is 1. The minimum absolute atomic E-state index is 0.0298. The Morgan fingerprint density at radius 1 is 1.06 bits per heavy atom. The Morgan fingerprint density at radius 2 is 1.77 bits per heavy atom. The number of hydrogen-bond acceptors (Lipinski definition) is 5. The van der Waals surface area contributed by atoms with Crippen molar-refractivity contribution in [3.8, 4) is 5.75 Å². The topological polar surface area (TPSA) is 80.0 Å². The van der Waals surface area contributed by atoms with Crippen LogP contribution in [0.5, 0.6) is 5.75 Å². The summed E-state index contributed by atoms with van der Waals surface area (Å²) in [5, 5.41) is 11.7. The summed E-state index contributed by atoms with van der Waals surface area (Å²) in [4.78, 5) is 28.5. The van der Waals surface area contributed by atoms with E-state index in [1.54, 1.807) is 43.5 Å². The number of methoxy groups -OCH3 is 1. The minimum Gasteiger partial charge on any atom is -0.503 e. The van der Waals surface area contributed by atoms with Gasteiger partial charge in [0.25, 0.3) is 5.91 Å². The first-order chi connectivity index (χ1) is 16.9. The summed E-state index contributed by atoms with van der Waals surface area (Å²) in [6.07, 6.45) is 0.853. The number of carbonyl (C=O) groups excluding carboxylic acids is 2. The number of halogens is 1. The van der Waals surface area contributed by atoms with Crippen molar-refractivity contribution < 1.29 is 23.8 Å². The molecule has 0 spiro atoms. The normalized spacial score (nSPS) is 15.8. The second-order valence-corrected chi connectivity index (χ2v) is 9.17. The van der Waals surface area contributed by atoms with Crippen molar-refractivity contribution in [1.29, 1.82) is 0 Å². The third-order valence-corrected chi connectivity index (χ3v) is 6.70. The highest BCUT2D eigenvalue weighted by molar-refractivity contribution is 9.10. The summed E-state index contributed by atoms with van der Waals surface area (Å²) in [5.41, 5.74) is 2.86. The number of carbonyl (C=O) groups is 2. The molecule has 176 valence electrons. The van der Waals surface area contributed by atoms with Crippen LogP contribution in [0.3, 0.4) is 0 Å². The van der Waals surface area contributed by atoms with E-state index >= 15 is 0 Å². The van der Waals surface area contributed by atoms with Crippen molar-refractivity contribution in [3.05, 3.63) is 105 Å². The van der Waals surface area contributed by atoms with Gasteiger partial charge in [-0.2, -0.15) is 0 Å². The first-order valence-electron chi connectivity index (χ1n) is 11.1. The molecule has 5 rings (SSSR count). The van der Waals surface area contributed by atoms with Crippen molar-refractivity contribution in [2.45, 2.75) is 19.4 Å². The predicted molar refractivity (Wildman–Crippen MR) is 137 cm³/mol. The van der Waals surface area contributed by atoms with E-state index in [2.05, 4.69) is 15.9 Å². The third-order valence-electron chi connectivity index (χ3n) is 6.21. The molecule has 1 aromatic heterocycles. The lowest BCUT2D eigenvalue weighted by Gasteiger charge is -2.27. The lowest BCUT2D eigenvalue weighted by molar-refractivity contribution is -0.117. The zero-order chi connectivity index (χ0) is 24.7. The number of aryl methyl sites for hydroxylation is 1. The Kier molecular flexibility index (Phi) is 5.94. The molecule has 0 saturated heterocycles. The predicted octanol–water partition coefficient (Wildman–Crippen LogP) is 6.55. The lowest BCUT2D eigenvalue weighted by atomic mass is 9.94. The molecule has 2 heterocycles. The highest BCUT2D eigenvalue weighted by Gasteiger charge is 2.45. The fraction of sp³-hybridized carbons (Fsp3) is 0.143. The van der Waals surface area contributed by atoms with Crippen LogP contribution in [0.1, 0.15) is 34.6 Å². The van der Waals surface area contributed by atoms with Gasteiger partial charge in [0, 0.05) is 15.5 Å². The van der Waals surface area contributed by atoms with E-state index in [9.17, 15) is 14.7 Å². The van der Waals surface area contributed by atoms with E-state index in [4.69, 9.17) is 9.15 Å².